The van der Waals surface area contributed by atoms with E-state index in [1.54, 1.807) is 11.6 Å². The van der Waals surface area contributed by atoms with Crippen molar-refractivity contribution in [3.05, 3.63) is 75.6 Å². The molecule has 2 aliphatic rings. The van der Waals surface area contributed by atoms with Crippen molar-refractivity contribution < 1.29 is 9.53 Å². The Morgan fingerprint density at radius 1 is 1.03 bits per heavy atom. The van der Waals surface area contributed by atoms with Crippen LogP contribution in [0.2, 0.25) is 0 Å². The summed E-state index contributed by atoms with van der Waals surface area (Å²) in [4.78, 5) is 29.8. The zero-order valence-electron chi connectivity index (χ0n) is 17.1. The number of pyridine rings is 1. The topological polar surface area (TPSA) is 54.8 Å². The number of ether oxygens (including phenoxy) is 1. The molecular weight excluding hydrogens is 378 g/mol. The molecule has 1 fully saturated rings. The predicted molar refractivity (Wildman–Crippen MR) is 116 cm³/mol. The van der Waals surface area contributed by atoms with Gasteiger partial charge in [-0.3, -0.25) is 14.5 Å². The van der Waals surface area contributed by atoms with E-state index in [0.717, 1.165) is 49.3 Å². The quantitative estimate of drug-likeness (QED) is 0.674. The van der Waals surface area contributed by atoms with Gasteiger partial charge in [-0.2, -0.15) is 0 Å². The molecule has 0 N–H and O–H groups in total. The third-order valence-electron chi connectivity index (χ3n) is 6.20. The van der Waals surface area contributed by atoms with E-state index in [9.17, 15) is 9.59 Å². The summed E-state index contributed by atoms with van der Waals surface area (Å²) >= 11 is 0. The van der Waals surface area contributed by atoms with E-state index >= 15 is 0 Å². The summed E-state index contributed by atoms with van der Waals surface area (Å²) < 4.78 is 7.18. The number of fused-ring (bicyclic) bond motifs is 2. The van der Waals surface area contributed by atoms with E-state index in [1.165, 1.54) is 17.2 Å². The van der Waals surface area contributed by atoms with Gasteiger partial charge in [0.05, 0.1) is 17.7 Å². The summed E-state index contributed by atoms with van der Waals surface area (Å²) in [7, 11) is 1.74. The van der Waals surface area contributed by atoms with Crippen LogP contribution in [0.5, 0.6) is 5.75 Å². The zero-order valence-corrected chi connectivity index (χ0v) is 17.1. The molecule has 2 aliphatic heterocycles. The summed E-state index contributed by atoms with van der Waals surface area (Å²) in [6, 6.07) is 15.5. The molecule has 154 valence electrons. The van der Waals surface area contributed by atoms with Gasteiger partial charge in [-0.1, -0.05) is 30.3 Å². The van der Waals surface area contributed by atoms with E-state index in [2.05, 4.69) is 23.1 Å². The smallest absolute Gasteiger partial charge is 0.254 e. The van der Waals surface area contributed by atoms with Crippen LogP contribution in [0.4, 0.5) is 0 Å². The zero-order chi connectivity index (χ0) is 20.7. The number of amides is 1. The molecule has 0 aliphatic carbocycles. The van der Waals surface area contributed by atoms with Crippen molar-refractivity contribution in [2.75, 3.05) is 32.8 Å². The lowest BCUT2D eigenvalue weighted by molar-refractivity contribution is 0.0630. The van der Waals surface area contributed by atoms with Crippen LogP contribution in [0.15, 0.2) is 53.3 Å². The van der Waals surface area contributed by atoms with Crippen LogP contribution in [-0.4, -0.2) is 53.1 Å². The molecule has 6 nitrogen and oxygen atoms in total. The third kappa shape index (κ3) is 3.37. The van der Waals surface area contributed by atoms with Crippen LogP contribution in [0, 0.1) is 0 Å². The Hall–Kier alpha value is -3.12. The largest absolute Gasteiger partial charge is 0.493 e. The normalized spacial score (nSPS) is 16.5. The summed E-state index contributed by atoms with van der Waals surface area (Å²) in [6.45, 7) is 4.62. The Bertz CT molecular complexity index is 1180. The van der Waals surface area contributed by atoms with Crippen molar-refractivity contribution in [1.82, 2.24) is 14.4 Å². The number of hydrogen-bond donors (Lipinski definition) is 0. The minimum Gasteiger partial charge on any atom is -0.493 e. The number of piperazine rings is 1. The number of hydrogen-bond acceptors (Lipinski definition) is 4. The average molecular weight is 403 g/mol. The maximum atomic E-state index is 13.2. The van der Waals surface area contributed by atoms with Gasteiger partial charge in [-0.15, -0.1) is 0 Å². The first-order valence-corrected chi connectivity index (χ1v) is 10.5. The predicted octanol–water partition coefficient (Wildman–Crippen LogP) is 2.43. The van der Waals surface area contributed by atoms with Gasteiger partial charge in [0, 0.05) is 57.6 Å². The number of benzene rings is 2. The van der Waals surface area contributed by atoms with Crippen LogP contribution in [0.3, 0.4) is 0 Å². The Balaban J connectivity index is 1.29. The first kappa shape index (κ1) is 18.9. The molecule has 5 rings (SSSR count). The Kier molecular flexibility index (Phi) is 4.79. The molecule has 0 atom stereocenters. The molecule has 1 saturated heterocycles. The van der Waals surface area contributed by atoms with E-state index < -0.39 is 0 Å². The van der Waals surface area contributed by atoms with Gasteiger partial charge in [0.15, 0.2) is 0 Å². The Morgan fingerprint density at radius 3 is 2.67 bits per heavy atom. The Labute approximate surface area is 175 Å². The van der Waals surface area contributed by atoms with Gasteiger partial charge in [-0.25, -0.2) is 0 Å². The number of carbonyl (C=O) groups is 1. The van der Waals surface area contributed by atoms with Crippen LogP contribution in [-0.2, 0) is 20.0 Å². The highest BCUT2D eigenvalue weighted by molar-refractivity contribution is 6.06. The monoisotopic (exact) mass is 403 g/mol. The average Bonchev–Trinajstić information content (AvgIpc) is 3.24. The molecule has 0 radical (unpaired) electrons. The van der Waals surface area contributed by atoms with Crippen LogP contribution in [0.1, 0.15) is 21.5 Å². The van der Waals surface area contributed by atoms with Gasteiger partial charge >= 0.3 is 0 Å². The third-order valence-corrected chi connectivity index (χ3v) is 6.20. The highest BCUT2D eigenvalue weighted by Crippen LogP contribution is 2.26. The molecule has 6 heteroatoms. The molecule has 0 spiro atoms. The van der Waals surface area contributed by atoms with Gasteiger partial charge < -0.3 is 14.2 Å². The van der Waals surface area contributed by atoms with Gasteiger partial charge in [0.25, 0.3) is 11.5 Å². The first-order chi connectivity index (χ1) is 14.6. The second-order valence-electron chi connectivity index (χ2n) is 8.08. The van der Waals surface area contributed by atoms with Crippen molar-refractivity contribution in [2.45, 2.75) is 13.0 Å². The maximum absolute atomic E-state index is 13.2. The fraction of sp³-hybridized carbons (Fsp3) is 0.333. The number of rotatable bonds is 3. The van der Waals surface area contributed by atoms with Crippen LogP contribution < -0.4 is 10.3 Å². The highest BCUT2D eigenvalue weighted by atomic mass is 16.5. The van der Waals surface area contributed by atoms with Crippen LogP contribution >= 0.6 is 0 Å². The lowest BCUT2D eigenvalue weighted by Crippen LogP contribution is -2.48. The molecule has 2 aromatic carbocycles. The lowest BCUT2D eigenvalue weighted by Gasteiger charge is -2.35. The SMILES string of the molecule is Cn1c(=O)cc(C(=O)N2CCN(Cc3ccc4c(c3)CCO4)CC2)c2ccccc21. The van der Waals surface area contributed by atoms with Crippen LogP contribution in [0.25, 0.3) is 10.9 Å². The van der Waals surface area contributed by atoms with E-state index in [0.29, 0.717) is 18.7 Å². The number of nitrogens with zero attached hydrogens (tertiary/aromatic N) is 3. The Morgan fingerprint density at radius 2 is 1.83 bits per heavy atom. The van der Waals surface area contributed by atoms with Gasteiger partial charge in [0.1, 0.15) is 5.75 Å². The maximum Gasteiger partial charge on any atom is 0.254 e. The van der Waals surface area contributed by atoms with E-state index in [1.807, 2.05) is 29.2 Å². The fourth-order valence-electron chi connectivity index (χ4n) is 4.46. The standard InChI is InChI=1S/C24H25N3O3/c1-25-21-5-3-2-4-19(21)20(15-23(25)28)24(29)27-11-9-26(10-12-27)16-17-6-7-22-18(14-17)8-13-30-22/h2-7,14-15H,8-13,16H2,1H3. The van der Waals surface area contributed by atoms with Gasteiger partial charge in [-0.05, 0) is 23.3 Å². The van der Waals surface area contributed by atoms with Crippen molar-refractivity contribution in [3.63, 3.8) is 0 Å². The summed E-state index contributed by atoms with van der Waals surface area (Å²) in [5.74, 6) is 0.952. The summed E-state index contributed by atoms with van der Waals surface area (Å²) in [5, 5.41) is 0.826. The molecule has 0 unspecified atom stereocenters. The second-order valence-corrected chi connectivity index (χ2v) is 8.08. The first-order valence-electron chi connectivity index (χ1n) is 10.5. The summed E-state index contributed by atoms with van der Waals surface area (Å²) in [5.41, 5.74) is 3.71. The molecular formula is C24H25N3O3. The number of carbonyl (C=O) groups excluding carboxylic acids is 1. The van der Waals surface area contributed by atoms with Gasteiger partial charge in [0.2, 0.25) is 0 Å². The molecule has 1 aromatic heterocycles. The number of aromatic nitrogens is 1. The lowest BCUT2D eigenvalue weighted by atomic mass is 10.1. The highest BCUT2D eigenvalue weighted by Gasteiger charge is 2.24. The molecule has 30 heavy (non-hydrogen) atoms. The van der Waals surface area contributed by atoms with Crippen molar-refractivity contribution in [2.24, 2.45) is 7.05 Å². The van der Waals surface area contributed by atoms with Crippen molar-refractivity contribution >= 4 is 16.8 Å². The summed E-state index contributed by atoms with van der Waals surface area (Å²) in [6.07, 6.45) is 0.982. The molecule has 0 bridgehead atoms. The minimum absolute atomic E-state index is 0.0572. The second kappa shape index (κ2) is 7.61. The minimum atomic E-state index is -0.156. The number of para-hydroxylation sites is 1. The number of aryl methyl sites for hydroxylation is 1. The molecule has 3 heterocycles. The van der Waals surface area contributed by atoms with E-state index in [-0.39, 0.29) is 11.5 Å². The fourth-order valence-corrected chi connectivity index (χ4v) is 4.46. The molecule has 1 amide bonds. The van der Waals surface area contributed by atoms with E-state index in [4.69, 9.17) is 4.74 Å². The molecule has 3 aromatic rings. The van der Waals surface area contributed by atoms with Crippen molar-refractivity contribution in [3.8, 4) is 5.75 Å². The molecule has 0 saturated carbocycles. The van der Waals surface area contributed by atoms with Crippen molar-refractivity contribution in [1.29, 1.82) is 0 Å².